The van der Waals surface area contributed by atoms with E-state index in [4.69, 9.17) is 9.47 Å². The van der Waals surface area contributed by atoms with Crippen LogP contribution in [0.1, 0.15) is 73.8 Å². The van der Waals surface area contributed by atoms with Crippen LogP contribution in [0.25, 0.3) is 0 Å². The van der Waals surface area contributed by atoms with Crippen LogP contribution in [-0.2, 0) is 30.3 Å². The minimum absolute atomic E-state index is 0.0387. The first-order valence-electron chi connectivity index (χ1n) is 14.3. The maximum Gasteiger partial charge on any atom is 0.312 e. The fourth-order valence-corrected chi connectivity index (χ4v) is 7.87. The van der Waals surface area contributed by atoms with Gasteiger partial charge in [-0.1, -0.05) is 58.0 Å². The first kappa shape index (κ1) is 29.5. The predicted molar refractivity (Wildman–Crippen MR) is 148 cm³/mol. The van der Waals surface area contributed by atoms with Crippen LogP contribution in [-0.4, -0.2) is 69.8 Å². The number of nitrogens with zero attached hydrogens (tertiary/aromatic N) is 1. The van der Waals surface area contributed by atoms with Crippen molar-refractivity contribution in [1.82, 2.24) is 10.2 Å². The van der Waals surface area contributed by atoms with Crippen LogP contribution in [0.15, 0.2) is 30.3 Å². The fraction of sp³-hybridized carbons (Fsp3) is 0.710. The van der Waals surface area contributed by atoms with Crippen LogP contribution in [0.5, 0.6) is 0 Å². The molecule has 3 saturated heterocycles. The molecule has 1 aromatic carbocycles. The van der Waals surface area contributed by atoms with Crippen LogP contribution < -0.4 is 5.32 Å². The number of benzene rings is 1. The van der Waals surface area contributed by atoms with Crippen LogP contribution in [0.4, 0.5) is 0 Å². The molecular formula is C31H46N2O6. The molecule has 1 spiro atoms. The van der Waals surface area contributed by atoms with Gasteiger partial charge in [0, 0.05) is 5.54 Å². The van der Waals surface area contributed by atoms with E-state index in [9.17, 15) is 19.5 Å². The number of hydrogen-bond donors (Lipinski definition) is 2. The number of carbonyl (C=O) groups is 3. The van der Waals surface area contributed by atoms with Gasteiger partial charge in [-0.05, 0) is 63.9 Å². The Labute approximate surface area is 232 Å². The number of fused-ring (bicyclic) bond motifs is 1. The summed E-state index contributed by atoms with van der Waals surface area (Å²) in [5, 5.41) is 13.8. The van der Waals surface area contributed by atoms with Crippen molar-refractivity contribution in [3.63, 3.8) is 0 Å². The van der Waals surface area contributed by atoms with Gasteiger partial charge >= 0.3 is 5.97 Å². The van der Waals surface area contributed by atoms with Gasteiger partial charge in [0.1, 0.15) is 17.6 Å². The Morgan fingerprint density at radius 2 is 1.85 bits per heavy atom. The third-order valence-corrected chi connectivity index (χ3v) is 8.89. The summed E-state index contributed by atoms with van der Waals surface area (Å²) in [6.07, 6.45) is 1.56. The molecule has 3 fully saturated rings. The van der Waals surface area contributed by atoms with E-state index in [2.05, 4.69) is 26.1 Å². The molecule has 8 heteroatoms. The lowest BCUT2D eigenvalue weighted by molar-refractivity contribution is -0.162. The molecule has 4 rings (SSSR count). The molecule has 2 N–H and O–H groups in total. The molecule has 0 radical (unpaired) electrons. The smallest absolute Gasteiger partial charge is 0.312 e. The largest absolute Gasteiger partial charge is 0.466 e. The van der Waals surface area contributed by atoms with Gasteiger partial charge in [0.05, 0.1) is 30.8 Å². The second-order valence-corrected chi connectivity index (χ2v) is 13.8. The lowest BCUT2D eigenvalue weighted by atomic mass is 9.62. The summed E-state index contributed by atoms with van der Waals surface area (Å²) in [5.41, 5.74) is -1.76. The molecule has 3 unspecified atom stereocenters. The van der Waals surface area contributed by atoms with Crippen molar-refractivity contribution >= 4 is 17.8 Å². The normalized spacial score (nSPS) is 32.7. The van der Waals surface area contributed by atoms with Crippen LogP contribution in [0.2, 0.25) is 0 Å². The van der Waals surface area contributed by atoms with Crippen LogP contribution in [0, 0.1) is 23.2 Å². The zero-order valence-corrected chi connectivity index (χ0v) is 24.7. The van der Waals surface area contributed by atoms with Gasteiger partial charge in [-0.25, -0.2) is 0 Å². The molecule has 39 heavy (non-hydrogen) atoms. The Hall–Kier alpha value is -2.45. The molecule has 2 amide bonds. The summed E-state index contributed by atoms with van der Waals surface area (Å²) >= 11 is 0. The lowest BCUT2D eigenvalue weighted by Gasteiger charge is -2.40. The average molecular weight is 543 g/mol. The first-order chi connectivity index (χ1) is 18.1. The maximum atomic E-state index is 14.4. The number of esters is 1. The van der Waals surface area contributed by atoms with Crippen LogP contribution >= 0.6 is 0 Å². The van der Waals surface area contributed by atoms with E-state index in [0.717, 1.165) is 12.0 Å². The molecule has 0 aromatic heterocycles. The molecule has 8 nitrogen and oxygen atoms in total. The first-order valence-corrected chi connectivity index (χ1v) is 14.3. The summed E-state index contributed by atoms with van der Waals surface area (Å²) < 4.78 is 12.2. The van der Waals surface area contributed by atoms with Gasteiger partial charge in [-0.2, -0.15) is 0 Å². The molecule has 0 saturated carbocycles. The van der Waals surface area contributed by atoms with E-state index < -0.39 is 46.6 Å². The molecule has 2 bridgehead atoms. The van der Waals surface area contributed by atoms with Gasteiger partial charge in [-0.15, -0.1) is 0 Å². The highest BCUT2D eigenvalue weighted by Gasteiger charge is 2.80. The summed E-state index contributed by atoms with van der Waals surface area (Å²) in [4.78, 5) is 43.6. The van der Waals surface area contributed by atoms with Gasteiger partial charge in [0.15, 0.2) is 0 Å². The molecule has 3 aliphatic rings. The van der Waals surface area contributed by atoms with E-state index >= 15 is 0 Å². The zero-order chi connectivity index (χ0) is 29.0. The van der Waals surface area contributed by atoms with E-state index in [1.165, 1.54) is 4.90 Å². The summed E-state index contributed by atoms with van der Waals surface area (Å²) in [6, 6.07) is 7.97. The molecule has 1 aromatic rings. The molecular weight excluding hydrogens is 496 g/mol. The number of carbonyl (C=O) groups excluding carboxylic acids is 3. The van der Waals surface area contributed by atoms with E-state index in [0.29, 0.717) is 12.8 Å². The molecule has 3 aliphatic heterocycles. The second-order valence-electron chi connectivity index (χ2n) is 13.8. The number of amides is 2. The summed E-state index contributed by atoms with van der Waals surface area (Å²) in [6.45, 7) is 15.8. The number of ether oxygens (including phenoxy) is 2. The van der Waals surface area contributed by atoms with Crippen molar-refractivity contribution in [2.75, 3.05) is 13.2 Å². The maximum absolute atomic E-state index is 14.4. The quantitative estimate of drug-likeness (QED) is 0.463. The Kier molecular flexibility index (Phi) is 7.71. The lowest BCUT2D eigenvalue weighted by Crippen LogP contribution is -2.61. The highest BCUT2D eigenvalue weighted by Crippen LogP contribution is 2.65. The van der Waals surface area contributed by atoms with Gasteiger partial charge in [0.2, 0.25) is 11.8 Å². The zero-order valence-electron chi connectivity index (χ0n) is 24.7. The summed E-state index contributed by atoms with van der Waals surface area (Å²) in [7, 11) is 0. The van der Waals surface area contributed by atoms with E-state index in [1.807, 2.05) is 58.0 Å². The van der Waals surface area contributed by atoms with Crippen molar-refractivity contribution < 1.29 is 29.0 Å². The Morgan fingerprint density at radius 3 is 2.41 bits per heavy atom. The highest BCUT2D eigenvalue weighted by molar-refractivity contribution is 5.99. The molecule has 3 heterocycles. The minimum atomic E-state index is -1.19. The number of hydrogen-bond acceptors (Lipinski definition) is 6. The number of aliphatic hydroxyl groups excluding tert-OH is 1. The van der Waals surface area contributed by atoms with Crippen LogP contribution in [0.3, 0.4) is 0 Å². The van der Waals surface area contributed by atoms with Crippen molar-refractivity contribution in [3.05, 3.63) is 35.9 Å². The Morgan fingerprint density at radius 1 is 1.21 bits per heavy atom. The van der Waals surface area contributed by atoms with Gasteiger partial charge in [0.25, 0.3) is 0 Å². The van der Waals surface area contributed by atoms with E-state index in [1.54, 1.807) is 6.92 Å². The van der Waals surface area contributed by atoms with Crippen molar-refractivity contribution in [2.24, 2.45) is 23.2 Å². The molecule has 0 aliphatic carbocycles. The SMILES string of the molecule is CCOC(=O)[C@H]1[C@H]2C(=O)N([C@@H](CO)Cc3ccccc3)C(C(=O)NC(C)(C)CC(C)(C)C)C23CC(C)[C@]1(C)O3. The number of aliphatic hydroxyl groups is 1. The predicted octanol–water partition coefficient (Wildman–Crippen LogP) is 3.49. The Bertz CT molecular complexity index is 1100. The second kappa shape index (κ2) is 10.2. The third kappa shape index (κ3) is 5.10. The van der Waals surface area contributed by atoms with Crippen molar-refractivity contribution in [2.45, 2.75) is 103 Å². The third-order valence-electron chi connectivity index (χ3n) is 8.89. The van der Waals surface area contributed by atoms with Gasteiger partial charge < -0.3 is 24.8 Å². The molecule has 7 atom stereocenters. The standard InChI is InChI=1S/C31H46N2O6/c1-9-38-27(37)23-22-26(36)33(21(17-34)15-20-13-11-10-12-14-20)24(31(22)16-19(2)30(23,8)39-31)25(35)32-29(6,7)18-28(3,4)5/h10-14,19,21-24,34H,9,15-18H2,1-8H3,(H,32,35)/t19?,21-,22+,23-,24?,30+,31?/m1/s1. The monoisotopic (exact) mass is 542 g/mol. The average Bonchev–Trinajstić information content (AvgIpc) is 3.33. The fourth-order valence-electron chi connectivity index (χ4n) is 7.87. The van der Waals surface area contributed by atoms with E-state index in [-0.39, 0.29) is 36.4 Å². The minimum Gasteiger partial charge on any atom is -0.466 e. The molecule has 216 valence electrons. The van der Waals surface area contributed by atoms with Gasteiger partial charge in [-0.3, -0.25) is 14.4 Å². The number of nitrogens with one attached hydrogen (secondary N) is 1. The highest BCUT2D eigenvalue weighted by atomic mass is 16.6. The topological polar surface area (TPSA) is 105 Å². The summed E-state index contributed by atoms with van der Waals surface area (Å²) in [5.74, 6) is -2.86. The van der Waals surface area contributed by atoms with Crippen molar-refractivity contribution in [1.29, 1.82) is 0 Å². The number of rotatable bonds is 9. The Balaban J connectivity index is 1.80. The van der Waals surface area contributed by atoms with Crippen molar-refractivity contribution in [3.8, 4) is 0 Å². The number of likely N-dealkylation sites (tertiary alicyclic amines) is 1.